The van der Waals surface area contributed by atoms with Gasteiger partial charge in [-0.25, -0.2) is 19.9 Å². The summed E-state index contributed by atoms with van der Waals surface area (Å²) in [5, 5.41) is 11.1. The molecular weight excluding hydrogens is 408 g/mol. The number of carbonyl (C=O) groups excluding carboxylic acids is 1. The number of fused-ring (bicyclic) bond motifs is 2. The minimum atomic E-state index is -1.01. The minimum absolute atomic E-state index is 0.0284. The molecule has 166 valence electrons. The van der Waals surface area contributed by atoms with Crippen LogP contribution < -0.4 is 5.73 Å². The second-order valence-corrected chi connectivity index (χ2v) is 8.75. The highest BCUT2D eigenvalue weighted by Crippen LogP contribution is 2.34. The average Bonchev–Trinajstić information content (AvgIpc) is 3.36. The normalized spacial score (nSPS) is 21.5. The summed E-state index contributed by atoms with van der Waals surface area (Å²) < 4.78 is 1.80. The molecule has 0 spiro atoms. The fourth-order valence-corrected chi connectivity index (χ4v) is 4.42. The van der Waals surface area contributed by atoms with Crippen LogP contribution in [0.2, 0.25) is 0 Å². The third-order valence-corrected chi connectivity index (χ3v) is 6.34. The Morgan fingerprint density at radius 2 is 2.19 bits per heavy atom. The van der Waals surface area contributed by atoms with E-state index in [1.165, 1.54) is 6.33 Å². The number of amides is 1. The molecule has 3 aromatic heterocycles. The molecule has 0 saturated carbocycles. The van der Waals surface area contributed by atoms with Gasteiger partial charge < -0.3 is 25.3 Å². The van der Waals surface area contributed by atoms with E-state index in [1.54, 1.807) is 22.7 Å². The highest BCUT2D eigenvalue weighted by atomic mass is 16.3. The number of hydrogen-bond acceptors (Lipinski definition) is 7. The molecule has 1 fully saturated rings. The number of aromatic amines is 1. The Labute approximate surface area is 184 Å². The summed E-state index contributed by atoms with van der Waals surface area (Å²) in [6, 6.07) is 5.66. The van der Waals surface area contributed by atoms with E-state index >= 15 is 0 Å². The third-order valence-electron chi connectivity index (χ3n) is 6.34. The van der Waals surface area contributed by atoms with E-state index in [2.05, 4.69) is 31.0 Å². The van der Waals surface area contributed by atoms with Crippen molar-refractivity contribution in [3.8, 4) is 0 Å². The van der Waals surface area contributed by atoms with Crippen molar-refractivity contribution in [1.82, 2.24) is 34.4 Å². The second-order valence-electron chi connectivity index (χ2n) is 8.75. The molecule has 1 amide bonds. The molecule has 10 heteroatoms. The third kappa shape index (κ3) is 3.56. The van der Waals surface area contributed by atoms with Gasteiger partial charge in [-0.15, -0.1) is 0 Å². The summed E-state index contributed by atoms with van der Waals surface area (Å²) in [6.07, 6.45) is 4.31. The van der Waals surface area contributed by atoms with Gasteiger partial charge in [0.1, 0.15) is 17.7 Å². The van der Waals surface area contributed by atoms with Crippen LogP contribution in [0.3, 0.4) is 0 Å². The lowest BCUT2D eigenvalue weighted by molar-refractivity contribution is -0.137. The van der Waals surface area contributed by atoms with Crippen LogP contribution >= 0.6 is 0 Å². The van der Waals surface area contributed by atoms with Crippen molar-refractivity contribution in [2.45, 2.75) is 44.8 Å². The maximum Gasteiger partial charge on any atom is 0.223 e. The largest absolute Gasteiger partial charge is 0.388 e. The van der Waals surface area contributed by atoms with E-state index in [4.69, 9.17) is 5.73 Å². The lowest BCUT2D eigenvalue weighted by Gasteiger charge is -2.43. The number of anilines is 1. The van der Waals surface area contributed by atoms with Gasteiger partial charge >= 0.3 is 0 Å². The number of likely N-dealkylation sites (tertiary alicyclic amines) is 1. The first-order valence-corrected chi connectivity index (χ1v) is 10.7. The standard InChI is InChI=1S/C22H26N8O2/c1-13-3-4-14-15(9-13)28-17(27-14)5-6-18(31)29-8-7-22(2,32)16(10-29)30-12-26-19-20(23)24-11-25-21(19)30/h3-4,9,11-12,16,32H,5-8,10H2,1-2H3,(H,27,28)(H2,23,24,25)/t16-,22-/m1/s1. The van der Waals surface area contributed by atoms with Gasteiger partial charge in [-0.1, -0.05) is 6.07 Å². The molecule has 4 heterocycles. The van der Waals surface area contributed by atoms with Crippen LogP contribution in [0.4, 0.5) is 5.82 Å². The molecule has 10 nitrogen and oxygen atoms in total. The van der Waals surface area contributed by atoms with Crippen molar-refractivity contribution < 1.29 is 9.90 Å². The van der Waals surface area contributed by atoms with Crippen LogP contribution in [0.15, 0.2) is 30.9 Å². The molecule has 0 unspecified atom stereocenters. The van der Waals surface area contributed by atoms with E-state index in [-0.39, 0.29) is 11.7 Å². The van der Waals surface area contributed by atoms with Gasteiger partial charge in [0.25, 0.3) is 0 Å². The molecule has 1 saturated heterocycles. The summed E-state index contributed by atoms with van der Waals surface area (Å²) >= 11 is 0. The molecule has 32 heavy (non-hydrogen) atoms. The van der Waals surface area contributed by atoms with E-state index in [9.17, 15) is 9.90 Å². The van der Waals surface area contributed by atoms with Gasteiger partial charge in [-0.05, 0) is 38.0 Å². The fourth-order valence-electron chi connectivity index (χ4n) is 4.42. The van der Waals surface area contributed by atoms with Crippen LogP contribution in [0.1, 0.15) is 37.2 Å². The Kier molecular flexibility index (Phi) is 4.81. The summed E-state index contributed by atoms with van der Waals surface area (Å²) in [5.41, 5.74) is 8.99. The van der Waals surface area contributed by atoms with Crippen LogP contribution in [0.25, 0.3) is 22.2 Å². The van der Waals surface area contributed by atoms with Crippen LogP contribution in [0.5, 0.6) is 0 Å². The Morgan fingerprint density at radius 1 is 1.34 bits per heavy atom. The van der Waals surface area contributed by atoms with Crippen molar-refractivity contribution in [2.75, 3.05) is 18.8 Å². The lowest BCUT2D eigenvalue weighted by atomic mass is 9.88. The summed E-state index contributed by atoms with van der Waals surface area (Å²) in [5.74, 6) is 1.12. The molecule has 0 aliphatic carbocycles. The number of piperidine rings is 1. The summed E-state index contributed by atoms with van der Waals surface area (Å²) in [4.78, 5) is 35.3. The Hall–Kier alpha value is -3.53. The summed E-state index contributed by atoms with van der Waals surface area (Å²) in [6.45, 7) is 4.67. The molecule has 1 aliphatic rings. The highest BCUT2D eigenvalue weighted by Gasteiger charge is 2.41. The number of nitrogens with zero attached hydrogens (tertiary/aromatic N) is 6. The smallest absolute Gasteiger partial charge is 0.223 e. The maximum atomic E-state index is 13.0. The number of aliphatic hydroxyl groups is 1. The number of carbonyl (C=O) groups is 1. The van der Waals surface area contributed by atoms with Crippen LogP contribution in [0, 0.1) is 6.92 Å². The summed E-state index contributed by atoms with van der Waals surface area (Å²) in [7, 11) is 0. The lowest BCUT2D eigenvalue weighted by Crippen LogP contribution is -2.52. The first-order valence-electron chi connectivity index (χ1n) is 10.7. The van der Waals surface area contributed by atoms with Crippen molar-refractivity contribution in [3.05, 3.63) is 42.2 Å². The van der Waals surface area contributed by atoms with Crippen molar-refractivity contribution >= 4 is 33.9 Å². The minimum Gasteiger partial charge on any atom is -0.388 e. The number of hydrogen-bond donors (Lipinski definition) is 3. The molecule has 4 N–H and O–H groups in total. The van der Waals surface area contributed by atoms with Crippen molar-refractivity contribution in [3.63, 3.8) is 0 Å². The van der Waals surface area contributed by atoms with Gasteiger partial charge in [0.05, 0.1) is 29.0 Å². The Morgan fingerprint density at radius 3 is 3.03 bits per heavy atom. The van der Waals surface area contributed by atoms with Gasteiger partial charge in [0.2, 0.25) is 5.91 Å². The van der Waals surface area contributed by atoms with Gasteiger partial charge in [-0.3, -0.25) is 4.79 Å². The second kappa shape index (κ2) is 7.56. The Bertz CT molecular complexity index is 1310. The zero-order valence-electron chi connectivity index (χ0n) is 18.1. The number of rotatable bonds is 4. The average molecular weight is 435 g/mol. The van der Waals surface area contributed by atoms with E-state index in [0.717, 1.165) is 22.4 Å². The molecule has 0 radical (unpaired) electrons. The van der Waals surface area contributed by atoms with Gasteiger partial charge in [-0.2, -0.15) is 0 Å². The number of aromatic nitrogens is 6. The molecule has 0 bridgehead atoms. The predicted molar refractivity (Wildman–Crippen MR) is 120 cm³/mol. The van der Waals surface area contributed by atoms with Crippen LogP contribution in [-0.2, 0) is 11.2 Å². The van der Waals surface area contributed by atoms with Gasteiger partial charge in [0.15, 0.2) is 11.5 Å². The number of aryl methyl sites for hydroxylation is 2. The van der Waals surface area contributed by atoms with Gasteiger partial charge in [0, 0.05) is 25.9 Å². The van der Waals surface area contributed by atoms with E-state index < -0.39 is 11.6 Å². The molecule has 4 aromatic rings. The number of benzene rings is 1. The van der Waals surface area contributed by atoms with E-state index in [1.807, 2.05) is 19.1 Å². The molecule has 5 rings (SSSR count). The number of nitrogens with two attached hydrogens (primary N) is 1. The predicted octanol–water partition coefficient (Wildman–Crippen LogP) is 1.75. The zero-order valence-corrected chi connectivity index (χ0v) is 18.1. The van der Waals surface area contributed by atoms with Crippen LogP contribution in [-0.4, -0.2) is 64.1 Å². The number of H-pyrrole nitrogens is 1. The number of imidazole rings is 2. The number of nitrogens with one attached hydrogen (secondary N) is 1. The first kappa shape index (κ1) is 20.4. The zero-order chi connectivity index (χ0) is 22.5. The number of nitrogen functional groups attached to an aromatic ring is 1. The molecular formula is C22H26N8O2. The van der Waals surface area contributed by atoms with Crippen molar-refractivity contribution in [1.29, 1.82) is 0 Å². The topological polar surface area (TPSA) is 139 Å². The van der Waals surface area contributed by atoms with E-state index in [0.29, 0.717) is 43.5 Å². The van der Waals surface area contributed by atoms with Crippen molar-refractivity contribution in [2.24, 2.45) is 0 Å². The quantitative estimate of drug-likeness (QED) is 0.445. The highest BCUT2D eigenvalue weighted by molar-refractivity contribution is 5.81. The Balaban J connectivity index is 1.32. The molecule has 1 aliphatic heterocycles. The molecule has 2 atom stereocenters. The SMILES string of the molecule is Cc1ccc2nc(CCC(=O)N3CC[C@@](C)(O)[C@H](n4cnc5c(N)ncnc54)C3)[nH]c2c1. The first-order chi connectivity index (χ1) is 15.3. The monoisotopic (exact) mass is 434 g/mol. The fraction of sp³-hybridized carbons (Fsp3) is 0.409. The maximum absolute atomic E-state index is 13.0. The molecule has 1 aromatic carbocycles.